The summed E-state index contributed by atoms with van der Waals surface area (Å²) in [6.45, 7) is 1.54. The molecule has 2 aromatic rings. The average molecular weight is 402 g/mol. The minimum Gasteiger partial charge on any atom is -0.507 e. The number of ketones is 2. The van der Waals surface area contributed by atoms with Crippen molar-refractivity contribution in [1.82, 2.24) is 0 Å². The molecule has 0 radical (unpaired) electrons. The molecule has 0 bridgehead atoms. The second kappa shape index (κ2) is 5.93. The van der Waals surface area contributed by atoms with Crippen LogP contribution >= 0.6 is 0 Å². The Morgan fingerprint density at radius 2 is 1.31 bits per heavy atom. The van der Waals surface area contributed by atoms with Gasteiger partial charge in [0, 0.05) is 17.5 Å². The van der Waals surface area contributed by atoms with E-state index in [1.165, 1.54) is 0 Å². The fourth-order valence-corrected chi connectivity index (χ4v) is 4.26. The third-order valence-electron chi connectivity index (χ3n) is 5.87. The van der Waals surface area contributed by atoms with Crippen molar-refractivity contribution in [3.05, 3.63) is 45.5 Å². The van der Waals surface area contributed by atoms with Crippen LogP contribution in [-0.4, -0.2) is 52.9 Å². The van der Waals surface area contributed by atoms with Gasteiger partial charge < -0.3 is 35.7 Å². The summed E-state index contributed by atoms with van der Waals surface area (Å²) in [4.78, 5) is 26.0. The molecule has 0 spiro atoms. The van der Waals surface area contributed by atoms with Crippen molar-refractivity contribution in [2.45, 2.75) is 37.6 Å². The topological polar surface area (TPSA) is 176 Å². The van der Waals surface area contributed by atoms with Crippen LogP contribution in [-0.2, 0) is 0 Å². The third-order valence-corrected chi connectivity index (χ3v) is 5.87. The van der Waals surface area contributed by atoms with Crippen molar-refractivity contribution < 1.29 is 45.3 Å². The Morgan fingerprint density at radius 3 is 1.76 bits per heavy atom. The minimum absolute atomic E-state index is 0.00761. The second-order valence-corrected chi connectivity index (χ2v) is 7.37. The predicted octanol–water partition coefficient (Wildman–Crippen LogP) is 0.896. The highest BCUT2D eigenvalue weighted by molar-refractivity contribution is 6.32. The zero-order valence-electron chi connectivity index (χ0n) is 15.2. The molecule has 2 aromatic carbocycles. The Labute approximate surface area is 163 Å². The van der Waals surface area contributed by atoms with Crippen molar-refractivity contribution >= 4 is 11.6 Å². The molecule has 0 saturated carbocycles. The largest absolute Gasteiger partial charge is 0.507 e. The summed E-state index contributed by atoms with van der Waals surface area (Å²) in [5.74, 6) is -5.08. The van der Waals surface area contributed by atoms with Gasteiger partial charge in [-0.1, -0.05) is 6.92 Å². The summed E-state index contributed by atoms with van der Waals surface area (Å²) in [5.41, 5.74) is -5.14. The zero-order valence-corrected chi connectivity index (χ0v) is 15.2. The number of phenolic OH excluding ortho intramolecular Hbond substituents is 4. The van der Waals surface area contributed by atoms with E-state index in [2.05, 4.69) is 0 Å². The minimum atomic E-state index is -1.84. The van der Waals surface area contributed by atoms with Gasteiger partial charge >= 0.3 is 0 Å². The smallest absolute Gasteiger partial charge is 0.202 e. The van der Waals surface area contributed by atoms with E-state index in [0.717, 1.165) is 12.1 Å². The summed E-state index contributed by atoms with van der Waals surface area (Å²) < 4.78 is 0. The molecule has 152 valence electrons. The molecule has 9 heteroatoms. The summed E-state index contributed by atoms with van der Waals surface area (Å²) in [6.07, 6.45) is -3.69. The molecule has 29 heavy (non-hydrogen) atoms. The van der Waals surface area contributed by atoms with Gasteiger partial charge in [0.25, 0.3) is 0 Å². The number of aliphatic hydroxyl groups excluding tert-OH is 2. The predicted molar refractivity (Wildman–Crippen MR) is 96.2 cm³/mol. The van der Waals surface area contributed by atoms with E-state index in [0.29, 0.717) is 0 Å². The lowest BCUT2D eigenvalue weighted by Gasteiger charge is -2.41. The van der Waals surface area contributed by atoms with Crippen molar-refractivity contribution in [2.75, 3.05) is 0 Å². The van der Waals surface area contributed by atoms with E-state index in [-0.39, 0.29) is 18.4 Å². The number of carbonyl (C=O) groups excluding carboxylic acids is 2. The van der Waals surface area contributed by atoms with Gasteiger partial charge in [-0.3, -0.25) is 9.59 Å². The molecule has 0 fully saturated rings. The van der Waals surface area contributed by atoms with Crippen LogP contribution in [0.1, 0.15) is 74.9 Å². The Balaban J connectivity index is 2.10. The van der Waals surface area contributed by atoms with E-state index in [4.69, 9.17) is 0 Å². The standard InChI is InChI=1S/C20H18O9/c1-2-20(29)5-8(23)11-14(19(20)28)18(27)13-12(17(11)26)15(24)9-6(21)3-4-7(22)10(9)16(13)25/h3-4,8,19,21-23,26-29H,2,5H2,1H3/t8-,19-,20-/m1/s1. The number of benzene rings is 2. The molecule has 9 nitrogen and oxygen atoms in total. The Kier molecular flexibility index (Phi) is 3.92. The maximum atomic E-state index is 13.0. The lowest BCUT2D eigenvalue weighted by molar-refractivity contribution is -0.117. The normalized spacial score (nSPS) is 25.4. The lowest BCUT2D eigenvalue weighted by Crippen LogP contribution is -2.42. The molecule has 2 aliphatic carbocycles. The molecular weight excluding hydrogens is 384 g/mol. The SMILES string of the molecule is CC[C@@]1(O)C[C@@H](O)c2c(O)c3c(c(O)c2[C@H]1O)C(=O)c1c(O)ccc(O)c1C3=O. The van der Waals surface area contributed by atoms with E-state index >= 15 is 0 Å². The maximum absolute atomic E-state index is 13.0. The highest BCUT2D eigenvalue weighted by atomic mass is 16.3. The van der Waals surface area contributed by atoms with Gasteiger partial charge in [0.05, 0.1) is 34.0 Å². The number of phenols is 4. The number of aromatic hydroxyl groups is 4. The zero-order chi connectivity index (χ0) is 21.4. The first-order valence-electron chi connectivity index (χ1n) is 8.89. The first-order valence-corrected chi connectivity index (χ1v) is 8.89. The van der Waals surface area contributed by atoms with Crippen LogP contribution in [0.2, 0.25) is 0 Å². The number of hydrogen-bond donors (Lipinski definition) is 7. The molecule has 7 N–H and O–H groups in total. The van der Waals surface area contributed by atoms with Crippen LogP contribution < -0.4 is 0 Å². The summed E-state index contributed by atoms with van der Waals surface area (Å²) in [6, 6.07) is 1.99. The van der Waals surface area contributed by atoms with E-state index in [1.54, 1.807) is 6.92 Å². The quantitative estimate of drug-likeness (QED) is 0.291. The number of fused-ring (bicyclic) bond motifs is 3. The first kappa shape index (κ1) is 19.2. The van der Waals surface area contributed by atoms with Gasteiger partial charge in [0.1, 0.15) is 29.1 Å². The fraction of sp³-hybridized carbons (Fsp3) is 0.300. The lowest BCUT2D eigenvalue weighted by atomic mass is 9.71. The molecule has 2 aliphatic rings. The Morgan fingerprint density at radius 1 is 0.862 bits per heavy atom. The molecular formula is C20H18O9. The molecule has 0 aliphatic heterocycles. The van der Waals surface area contributed by atoms with Crippen molar-refractivity contribution in [3.8, 4) is 23.0 Å². The van der Waals surface area contributed by atoms with Gasteiger partial charge in [0.2, 0.25) is 11.6 Å². The van der Waals surface area contributed by atoms with Crippen LogP contribution in [0.4, 0.5) is 0 Å². The van der Waals surface area contributed by atoms with Crippen molar-refractivity contribution in [2.24, 2.45) is 0 Å². The first-order chi connectivity index (χ1) is 13.5. The Bertz CT molecular complexity index is 1100. The average Bonchev–Trinajstić information content (AvgIpc) is 2.67. The van der Waals surface area contributed by atoms with Crippen LogP contribution in [0.5, 0.6) is 23.0 Å². The highest BCUT2D eigenvalue weighted by Gasteiger charge is 2.50. The molecule has 4 rings (SSSR count). The maximum Gasteiger partial charge on any atom is 0.202 e. The van der Waals surface area contributed by atoms with Gasteiger partial charge in [-0.2, -0.15) is 0 Å². The molecule has 0 amide bonds. The van der Waals surface area contributed by atoms with Gasteiger partial charge in [0.15, 0.2) is 0 Å². The summed E-state index contributed by atoms with van der Waals surface area (Å²) in [5, 5.41) is 73.3. The van der Waals surface area contributed by atoms with E-state index < -0.39 is 80.2 Å². The van der Waals surface area contributed by atoms with Gasteiger partial charge in [-0.15, -0.1) is 0 Å². The van der Waals surface area contributed by atoms with Gasteiger partial charge in [-0.25, -0.2) is 0 Å². The van der Waals surface area contributed by atoms with Crippen LogP contribution in [0.3, 0.4) is 0 Å². The monoisotopic (exact) mass is 402 g/mol. The number of hydrogen-bond acceptors (Lipinski definition) is 9. The van der Waals surface area contributed by atoms with Crippen LogP contribution in [0.15, 0.2) is 12.1 Å². The number of aliphatic hydroxyl groups is 3. The molecule has 3 atom stereocenters. The van der Waals surface area contributed by atoms with E-state index in [9.17, 15) is 45.3 Å². The molecule has 0 saturated heterocycles. The van der Waals surface area contributed by atoms with Crippen molar-refractivity contribution in [3.63, 3.8) is 0 Å². The molecule has 0 aromatic heterocycles. The van der Waals surface area contributed by atoms with E-state index in [1.807, 2.05) is 0 Å². The number of rotatable bonds is 1. The van der Waals surface area contributed by atoms with Crippen LogP contribution in [0.25, 0.3) is 0 Å². The highest BCUT2D eigenvalue weighted by Crippen LogP contribution is 2.55. The van der Waals surface area contributed by atoms with Crippen LogP contribution in [0, 0.1) is 0 Å². The summed E-state index contributed by atoms with van der Waals surface area (Å²) in [7, 11) is 0. The van der Waals surface area contributed by atoms with Crippen molar-refractivity contribution in [1.29, 1.82) is 0 Å². The summed E-state index contributed by atoms with van der Waals surface area (Å²) >= 11 is 0. The third kappa shape index (κ3) is 2.26. The molecule has 0 heterocycles. The molecule has 0 unspecified atom stereocenters. The Hall–Kier alpha value is -3.14. The fourth-order valence-electron chi connectivity index (χ4n) is 4.26. The number of carbonyl (C=O) groups is 2. The van der Waals surface area contributed by atoms with Gasteiger partial charge in [-0.05, 0) is 18.6 Å². The second-order valence-electron chi connectivity index (χ2n) is 7.37.